The van der Waals surface area contributed by atoms with E-state index in [0.29, 0.717) is 44.9 Å². The number of esters is 1. The molecule has 0 spiro atoms. The summed E-state index contributed by atoms with van der Waals surface area (Å²) < 4.78 is 4.83. The number of rotatable bonds is 19. The zero-order valence-electron chi connectivity index (χ0n) is 19.9. The van der Waals surface area contributed by atoms with Crippen LogP contribution < -0.4 is 0 Å². The molecular weight excluding hydrogens is 430 g/mol. The predicted octanol–water partition coefficient (Wildman–Crippen LogP) is 3.92. The first kappa shape index (κ1) is 29.0. The summed E-state index contributed by atoms with van der Waals surface area (Å²) >= 11 is 0. The molecule has 0 unspecified atom stereocenters. The Labute approximate surface area is 196 Å². The number of ketones is 1. The van der Waals surface area contributed by atoms with Crippen LogP contribution in [0.4, 0.5) is 0 Å². The maximum Gasteiger partial charge on any atom is 0.305 e. The van der Waals surface area contributed by atoms with E-state index in [-0.39, 0.29) is 37.3 Å². The largest absolute Gasteiger partial charge is 0.464 e. The fourth-order valence-electron chi connectivity index (χ4n) is 4.36. The standard InChI is InChI=1S/C24H41NO8/c1-2-3-4-5-8-11-19(26)14-15-21-20(22(27)18-23(21)28)12-9-6-7-10-13-24(29)32-16-17-33-25(30)31/h6,9,20-23,27-28H,2-5,7-8,10-18H2,1H3/t20-,21-,22+,23-/m1/s1. The molecule has 0 saturated heterocycles. The molecular formula is C24H41NO8. The molecule has 9 nitrogen and oxygen atoms in total. The van der Waals surface area contributed by atoms with E-state index in [4.69, 9.17) is 4.74 Å². The summed E-state index contributed by atoms with van der Waals surface area (Å²) in [6, 6.07) is 0. The van der Waals surface area contributed by atoms with Gasteiger partial charge in [0.15, 0.2) is 0 Å². The van der Waals surface area contributed by atoms with Gasteiger partial charge in [0.25, 0.3) is 5.09 Å². The molecule has 190 valence electrons. The fraction of sp³-hybridized carbons (Fsp3) is 0.833. The normalized spacial score (nSPS) is 22.5. The summed E-state index contributed by atoms with van der Waals surface area (Å²) in [5, 5.41) is 29.7. The van der Waals surface area contributed by atoms with Gasteiger partial charge in [0, 0.05) is 19.3 Å². The van der Waals surface area contributed by atoms with Crippen LogP contribution in [-0.4, -0.2) is 52.5 Å². The van der Waals surface area contributed by atoms with Crippen LogP contribution in [0.5, 0.6) is 0 Å². The zero-order chi connectivity index (χ0) is 24.5. The van der Waals surface area contributed by atoms with E-state index in [0.717, 1.165) is 12.8 Å². The second-order valence-corrected chi connectivity index (χ2v) is 8.82. The molecule has 0 aromatic rings. The van der Waals surface area contributed by atoms with Crippen molar-refractivity contribution in [1.82, 2.24) is 0 Å². The van der Waals surface area contributed by atoms with E-state index in [1.54, 1.807) is 0 Å². The second-order valence-electron chi connectivity index (χ2n) is 8.82. The van der Waals surface area contributed by atoms with Crippen molar-refractivity contribution in [3.05, 3.63) is 22.3 Å². The molecule has 1 rings (SSSR count). The number of aliphatic hydroxyl groups is 2. The topological polar surface area (TPSA) is 136 Å². The van der Waals surface area contributed by atoms with Gasteiger partial charge in [-0.15, -0.1) is 10.1 Å². The van der Waals surface area contributed by atoms with Gasteiger partial charge in [-0.05, 0) is 50.4 Å². The van der Waals surface area contributed by atoms with E-state index in [1.807, 2.05) is 12.2 Å². The summed E-state index contributed by atoms with van der Waals surface area (Å²) in [7, 11) is 0. The molecule has 0 radical (unpaired) electrons. The van der Waals surface area contributed by atoms with Crippen molar-refractivity contribution >= 4 is 11.8 Å². The van der Waals surface area contributed by atoms with Crippen LogP contribution in [0, 0.1) is 22.0 Å². The van der Waals surface area contributed by atoms with Gasteiger partial charge in [-0.3, -0.25) is 9.59 Å². The maximum atomic E-state index is 12.2. The van der Waals surface area contributed by atoms with Crippen molar-refractivity contribution in [3.8, 4) is 0 Å². The monoisotopic (exact) mass is 471 g/mol. The summed E-state index contributed by atoms with van der Waals surface area (Å²) in [5.41, 5.74) is 0. The number of allylic oxidation sites excluding steroid dienone is 2. The highest BCUT2D eigenvalue weighted by atomic mass is 17.0. The Bertz CT molecular complexity index is 609. The number of ether oxygens (including phenoxy) is 1. The van der Waals surface area contributed by atoms with Gasteiger partial charge in [-0.25, -0.2) is 0 Å². The summed E-state index contributed by atoms with van der Waals surface area (Å²) in [4.78, 5) is 37.8. The van der Waals surface area contributed by atoms with Crippen molar-refractivity contribution in [1.29, 1.82) is 0 Å². The molecule has 9 heteroatoms. The number of nitrogens with zero attached hydrogens (tertiary/aromatic N) is 1. The van der Waals surface area contributed by atoms with Gasteiger partial charge >= 0.3 is 5.97 Å². The Balaban J connectivity index is 2.24. The Morgan fingerprint density at radius 2 is 1.70 bits per heavy atom. The first-order valence-corrected chi connectivity index (χ1v) is 12.3. The van der Waals surface area contributed by atoms with Gasteiger partial charge in [0.05, 0.1) is 12.2 Å². The lowest BCUT2D eigenvalue weighted by Gasteiger charge is -2.22. The third-order valence-electron chi connectivity index (χ3n) is 6.21. The molecule has 0 aliphatic heterocycles. The van der Waals surface area contributed by atoms with Gasteiger partial charge in [-0.1, -0.05) is 44.8 Å². The van der Waals surface area contributed by atoms with Crippen LogP contribution in [0.2, 0.25) is 0 Å². The van der Waals surface area contributed by atoms with Crippen LogP contribution in [0.3, 0.4) is 0 Å². The van der Waals surface area contributed by atoms with Crippen LogP contribution in [0.1, 0.15) is 90.4 Å². The Morgan fingerprint density at radius 3 is 2.42 bits per heavy atom. The first-order valence-electron chi connectivity index (χ1n) is 12.3. The Hall–Kier alpha value is -2.00. The molecule has 4 atom stereocenters. The molecule has 0 aromatic heterocycles. The molecule has 0 amide bonds. The van der Waals surface area contributed by atoms with E-state index in [1.165, 1.54) is 19.3 Å². The number of aliphatic hydroxyl groups excluding tert-OH is 2. The minimum Gasteiger partial charge on any atom is -0.464 e. The number of unbranched alkanes of at least 4 members (excludes halogenated alkanes) is 5. The average Bonchev–Trinajstić information content (AvgIpc) is 3.04. The highest BCUT2D eigenvalue weighted by Gasteiger charge is 2.40. The highest BCUT2D eigenvalue weighted by molar-refractivity contribution is 5.78. The van der Waals surface area contributed by atoms with Crippen molar-refractivity contribution in [2.24, 2.45) is 11.8 Å². The minimum absolute atomic E-state index is 0.0693. The Morgan fingerprint density at radius 1 is 0.970 bits per heavy atom. The molecule has 1 aliphatic rings. The smallest absolute Gasteiger partial charge is 0.305 e. The number of hydrogen-bond acceptors (Lipinski definition) is 8. The number of carbonyl (C=O) groups is 2. The molecule has 1 fully saturated rings. The second kappa shape index (κ2) is 17.5. The predicted molar refractivity (Wildman–Crippen MR) is 123 cm³/mol. The van der Waals surface area contributed by atoms with Crippen LogP contribution in [0.15, 0.2) is 12.2 Å². The van der Waals surface area contributed by atoms with Crippen molar-refractivity contribution in [3.63, 3.8) is 0 Å². The van der Waals surface area contributed by atoms with Crippen molar-refractivity contribution in [2.45, 2.75) is 103 Å². The van der Waals surface area contributed by atoms with E-state index >= 15 is 0 Å². The molecule has 2 N–H and O–H groups in total. The number of carbonyl (C=O) groups excluding carboxylic acids is 2. The zero-order valence-corrected chi connectivity index (χ0v) is 19.9. The molecule has 1 saturated carbocycles. The van der Waals surface area contributed by atoms with Gasteiger partial charge < -0.3 is 19.8 Å². The van der Waals surface area contributed by atoms with E-state index < -0.39 is 23.3 Å². The van der Waals surface area contributed by atoms with Crippen molar-refractivity contribution < 1.29 is 34.5 Å². The number of Topliss-reactive ketones (excluding diaryl/α,β-unsaturated/α-hetero) is 1. The molecule has 0 aromatic carbocycles. The van der Waals surface area contributed by atoms with Crippen LogP contribution in [-0.2, 0) is 19.2 Å². The van der Waals surface area contributed by atoms with Gasteiger partial charge in [0.2, 0.25) is 0 Å². The van der Waals surface area contributed by atoms with Crippen LogP contribution in [0.25, 0.3) is 0 Å². The highest BCUT2D eigenvalue weighted by Crippen LogP contribution is 2.38. The quantitative estimate of drug-likeness (QED) is 0.0951. The Kier molecular flexibility index (Phi) is 15.4. The van der Waals surface area contributed by atoms with Gasteiger partial charge in [0.1, 0.15) is 19.0 Å². The summed E-state index contributed by atoms with van der Waals surface area (Å²) in [5.74, 6) is -0.337. The number of hydrogen-bond donors (Lipinski definition) is 2. The molecule has 0 heterocycles. The third kappa shape index (κ3) is 13.3. The lowest BCUT2D eigenvalue weighted by molar-refractivity contribution is -0.757. The minimum atomic E-state index is -0.934. The van der Waals surface area contributed by atoms with Gasteiger partial charge in [-0.2, -0.15) is 0 Å². The summed E-state index contributed by atoms with van der Waals surface area (Å²) in [6.07, 6.45) is 12.4. The molecule has 0 bridgehead atoms. The van der Waals surface area contributed by atoms with E-state index in [2.05, 4.69) is 11.8 Å². The summed E-state index contributed by atoms with van der Waals surface area (Å²) in [6.45, 7) is 1.73. The maximum absolute atomic E-state index is 12.2. The fourth-order valence-corrected chi connectivity index (χ4v) is 4.36. The SMILES string of the molecule is CCCCCCCC(=O)CC[C@@H]1[C@@H](CC=CCCCC(=O)OCCO[N+](=O)[O-])[C@@H](O)C[C@H]1O. The average molecular weight is 472 g/mol. The molecule has 33 heavy (non-hydrogen) atoms. The first-order chi connectivity index (χ1) is 15.8. The lowest BCUT2D eigenvalue weighted by atomic mass is 9.86. The van der Waals surface area contributed by atoms with Crippen LogP contribution >= 0.6 is 0 Å². The lowest BCUT2D eigenvalue weighted by Crippen LogP contribution is -2.22. The van der Waals surface area contributed by atoms with E-state index in [9.17, 15) is 29.9 Å². The third-order valence-corrected chi connectivity index (χ3v) is 6.21. The molecule has 1 aliphatic carbocycles. The van der Waals surface area contributed by atoms with Crippen molar-refractivity contribution in [2.75, 3.05) is 13.2 Å².